The molecule has 3 aromatic heterocycles. The highest BCUT2D eigenvalue weighted by Crippen LogP contribution is 2.26. The fourth-order valence-corrected chi connectivity index (χ4v) is 4.80. The highest BCUT2D eigenvalue weighted by atomic mass is 16.5. The number of ether oxygens (including phenoxy) is 1. The Morgan fingerprint density at radius 2 is 1.95 bits per heavy atom. The number of benzene rings is 2. The van der Waals surface area contributed by atoms with E-state index in [4.69, 9.17) is 9.15 Å². The SMILES string of the molecule is CCOc1ccc2[nH]c(=O)c(CN(CCc3ccccc3)[C@@H](CC)c3nnnn3Cc3ccco3)cc2c1. The molecule has 0 saturated carbocycles. The van der Waals surface area contributed by atoms with Gasteiger partial charge in [-0.05, 0) is 72.2 Å². The molecule has 5 aromatic rings. The van der Waals surface area contributed by atoms with E-state index in [1.165, 1.54) is 5.56 Å². The average molecular weight is 513 g/mol. The summed E-state index contributed by atoms with van der Waals surface area (Å²) >= 11 is 0. The molecule has 9 heteroatoms. The molecule has 196 valence electrons. The van der Waals surface area contributed by atoms with Crippen molar-refractivity contribution in [3.8, 4) is 5.75 Å². The molecule has 1 atom stereocenters. The Bertz CT molecular complexity index is 1510. The van der Waals surface area contributed by atoms with Gasteiger partial charge in [0.25, 0.3) is 5.56 Å². The fraction of sp³-hybridized carbons (Fsp3) is 0.310. The predicted molar refractivity (Wildman–Crippen MR) is 145 cm³/mol. The number of nitrogens with one attached hydrogen (secondary N) is 1. The Morgan fingerprint density at radius 3 is 2.71 bits per heavy atom. The number of rotatable bonds is 12. The first-order valence-corrected chi connectivity index (χ1v) is 13.0. The van der Waals surface area contributed by atoms with Gasteiger partial charge in [-0.25, -0.2) is 4.68 Å². The van der Waals surface area contributed by atoms with Crippen molar-refractivity contribution in [2.24, 2.45) is 0 Å². The molecule has 3 heterocycles. The van der Waals surface area contributed by atoms with Crippen molar-refractivity contribution >= 4 is 10.9 Å². The molecule has 2 aromatic carbocycles. The number of hydrogen-bond donors (Lipinski definition) is 1. The van der Waals surface area contributed by atoms with Crippen LogP contribution in [0.3, 0.4) is 0 Å². The molecule has 9 nitrogen and oxygen atoms in total. The standard InChI is InChI=1S/C29H32N6O3/c1-3-27(28-31-32-33-35(28)20-25-11-8-16-38-25)34(15-14-21-9-6-5-7-10-21)19-23-17-22-18-24(37-4-2)12-13-26(22)30-29(23)36/h5-13,16-18,27H,3-4,14-15,19-20H2,1-2H3,(H,30,36)/t27-/m0/s1. The second-order valence-corrected chi connectivity index (χ2v) is 9.21. The number of pyridine rings is 1. The van der Waals surface area contributed by atoms with Gasteiger partial charge >= 0.3 is 0 Å². The maximum Gasteiger partial charge on any atom is 0.252 e. The Labute approximate surface area is 221 Å². The largest absolute Gasteiger partial charge is 0.494 e. The third-order valence-corrected chi connectivity index (χ3v) is 6.68. The number of hydrogen-bond acceptors (Lipinski definition) is 7. The zero-order valence-corrected chi connectivity index (χ0v) is 21.7. The molecule has 0 radical (unpaired) electrons. The molecule has 0 aliphatic carbocycles. The van der Waals surface area contributed by atoms with E-state index in [1.807, 2.05) is 61.5 Å². The monoisotopic (exact) mass is 512 g/mol. The third kappa shape index (κ3) is 5.84. The molecule has 0 unspecified atom stereocenters. The van der Waals surface area contributed by atoms with Gasteiger partial charge in [-0.3, -0.25) is 9.69 Å². The number of tetrazole rings is 1. The molecular weight excluding hydrogens is 480 g/mol. The summed E-state index contributed by atoms with van der Waals surface area (Å²) in [6.07, 6.45) is 3.25. The molecule has 38 heavy (non-hydrogen) atoms. The zero-order chi connectivity index (χ0) is 26.3. The van der Waals surface area contributed by atoms with E-state index in [1.54, 1.807) is 10.9 Å². The van der Waals surface area contributed by atoms with E-state index in [9.17, 15) is 4.79 Å². The maximum atomic E-state index is 13.2. The lowest BCUT2D eigenvalue weighted by Crippen LogP contribution is -2.34. The minimum absolute atomic E-state index is 0.101. The van der Waals surface area contributed by atoms with Crippen LogP contribution >= 0.6 is 0 Å². The molecule has 0 amide bonds. The van der Waals surface area contributed by atoms with Crippen LogP contribution in [0.15, 0.2) is 82.2 Å². The summed E-state index contributed by atoms with van der Waals surface area (Å²) in [6, 6.07) is 21.7. The summed E-state index contributed by atoms with van der Waals surface area (Å²) in [5.41, 5.74) is 2.60. The van der Waals surface area contributed by atoms with Gasteiger partial charge in [-0.15, -0.1) is 5.10 Å². The van der Waals surface area contributed by atoms with Crippen LogP contribution in [0.1, 0.15) is 49.0 Å². The van der Waals surface area contributed by atoms with E-state index in [0.29, 0.717) is 25.3 Å². The number of nitrogens with zero attached hydrogens (tertiary/aromatic N) is 5. The summed E-state index contributed by atoms with van der Waals surface area (Å²) in [4.78, 5) is 18.5. The third-order valence-electron chi connectivity index (χ3n) is 6.68. The van der Waals surface area contributed by atoms with Gasteiger partial charge < -0.3 is 14.1 Å². The van der Waals surface area contributed by atoms with Gasteiger partial charge in [0.1, 0.15) is 18.1 Å². The summed E-state index contributed by atoms with van der Waals surface area (Å²) < 4.78 is 13.0. The van der Waals surface area contributed by atoms with Crippen LogP contribution in [0.4, 0.5) is 0 Å². The first kappa shape index (κ1) is 25.4. The van der Waals surface area contributed by atoms with Crippen molar-refractivity contribution in [2.45, 2.75) is 45.8 Å². The van der Waals surface area contributed by atoms with Gasteiger partial charge in [0.05, 0.1) is 18.9 Å². The maximum absolute atomic E-state index is 13.2. The van der Waals surface area contributed by atoms with E-state index in [0.717, 1.165) is 47.6 Å². The number of aromatic nitrogens is 5. The fourth-order valence-electron chi connectivity index (χ4n) is 4.80. The van der Waals surface area contributed by atoms with Crippen molar-refractivity contribution in [3.63, 3.8) is 0 Å². The smallest absolute Gasteiger partial charge is 0.252 e. The van der Waals surface area contributed by atoms with Crippen LogP contribution in [0.2, 0.25) is 0 Å². The van der Waals surface area contributed by atoms with Gasteiger partial charge in [-0.2, -0.15) is 0 Å². The Hall–Kier alpha value is -4.24. The van der Waals surface area contributed by atoms with Crippen molar-refractivity contribution in [3.05, 3.63) is 106 Å². The number of furan rings is 1. The summed E-state index contributed by atoms with van der Waals surface area (Å²) in [5.74, 6) is 2.30. The number of aromatic amines is 1. The second kappa shape index (κ2) is 11.9. The van der Waals surface area contributed by atoms with Crippen molar-refractivity contribution in [2.75, 3.05) is 13.2 Å². The first-order chi connectivity index (χ1) is 18.6. The van der Waals surface area contributed by atoms with E-state index in [-0.39, 0.29) is 11.6 Å². The Morgan fingerprint density at radius 1 is 1.08 bits per heavy atom. The summed E-state index contributed by atoms with van der Waals surface area (Å²) in [6.45, 7) is 6.27. The van der Waals surface area contributed by atoms with Crippen LogP contribution in [0.5, 0.6) is 5.75 Å². The highest BCUT2D eigenvalue weighted by Gasteiger charge is 2.26. The molecule has 0 spiro atoms. The zero-order valence-electron chi connectivity index (χ0n) is 21.7. The number of fused-ring (bicyclic) bond motifs is 1. The molecule has 0 saturated heterocycles. The topological polar surface area (TPSA) is 102 Å². The Balaban J connectivity index is 1.48. The lowest BCUT2D eigenvalue weighted by atomic mass is 10.1. The summed E-state index contributed by atoms with van der Waals surface area (Å²) in [7, 11) is 0. The molecular formula is C29H32N6O3. The molecule has 1 N–H and O–H groups in total. The molecule has 0 aliphatic heterocycles. The average Bonchev–Trinajstić information content (AvgIpc) is 3.62. The summed E-state index contributed by atoms with van der Waals surface area (Å²) in [5, 5.41) is 13.6. The highest BCUT2D eigenvalue weighted by molar-refractivity contribution is 5.80. The lowest BCUT2D eigenvalue weighted by Gasteiger charge is -2.30. The molecule has 0 fully saturated rings. The second-order valence-electron chi connectivity index (χ2n) is 9.21. The molecule has 0 bridgehead atoms. The lowest BCUT2D eigenvalue weighted by molar-refractivity contribution is 0.172. The van der Waals surface area contributed by atoms with Gasteiger partial charge in [0.2, 0.25) is 0 Å². The Kier molecular flexibility index (Phi) is 7.94. The quantitative estimate of drug-likeness (QED) is 0.257. The predicted octanol–water partition coefficient (Wildman–Crippen LogP) is 4.75. The van der Waals surface area contributed by atoms with E-state index < -0.39 is 0 Å². The minimum Gasteiger partial charge on any atom is -0.494 e. The van der Waals surface area contributed by atoms with E-state index >= 15 is 0 Å². The van der Waals surface area contributed by atoms with Gasteiger partial charge in [-0.1, -0.05) is 37.3 Å². The molecule has 5 rings (SSSR count). The van der Waals surface area contributed by atoms with Crippen LogP contribution in [-0.4, -0.2) is 43.2 Å². The van der Waals surface area contributed by atoms with E-state index in [2.05, 4.69) is 44.5 Å². The normalized spacial score (nSPS) is 12.3. The van der Waals surface area contributed by atoms with Crippen molar-refractivity contribution in [1.29, 1.82) is 0 Å². The van der Waals surface area contributed by atoms with Crippen LogP contribution in [0.25, 0.3) is 10.9 Å². The van der Waals surface area contributed by atoms with Gasteiger partial charge in [0.15, 0.2) is 5.82 Å². The van der Waals surface area contributed by atoms with Crippen molar-refractivity contribution < 1.29 is 9.15 Å². The molecule has 0 aliphatic rings. The van der Waals surface area contributed by atoms with Crippen LogP contribution in [-0.2, 0) is 19.5 Å². The van der Waals surface area contributed by atoms with Crippen LogP contribution < -0.4 is 10.3 Å². The van der Waals surface area contributed by atoms with Gasteiger partial charge in [0, 0.05) is 29.6 Å². The number of H-pyrrole nitrogens is 1. The first-order valence-electron chi connectivity index (χ1n) is 13.0. The minimum atomic E-state index is -0.103. The van der Waals surface area contributed by atoms with Crippen LogP contribution in [0, 0.1) is 0 Å². The van der Waals surface area contributed by atoms with Crippen molar-refractivity contribution in [1.82, 2.24) is 30.1 Å².